The van der Waals surface area contributed by atoms with E-state index in [1.54, 1.807) is 4.63 Å². The highest BCUT2D eigenvalue weighted by Crippen LogP contribution is 2.31. The van der Waals surface area contributed by atoms with Crippen LogP contribution in [0.2, 0.25) is 5.02 Å². The third-order valence-corrected chi connectivity index (χ3v) is 4.21. The van der Waals surface area contributed by atoms with E-state index in [0.717, 1.165) is 17.0 Å². The van der Waals surface area contributed by atoms with Crippen LogP contribution in [0, 0.1) is 0 Å². The van der Waals surface area contributed by atoms with Gasteiger partial charge in [0.05, 0.1) is 12.2 Å². The molecule has 2 heterocycles. The molecule has 7 nitrogen and oxygen atoms in total. The molecule has 2 aromatic heterocycles. The number of hydrogen-bond acceptors (Lipinski definition) is 4. The van der Waals surface area contributed by atoms with E-state index in [4.69, 9.17) is 16.3 Å². The highest BCUT2D eigenvalue weighted by atomic mass is 35.5. The summed E-state index contributed by atoms with van der Waals surface area (Å²) < 4.78 is 7.18. The topological polar surface area (TPSA) is 84.3 Å². The normalized spacial score (nSPS) is 11.7. The first-order chi connectivity index (χ1) is 12.3. The Kier molecular flexibility index (Phi) is 4.91. The molecule has 138 valence electrons. The Hall–Kier alpha value is -2.54. The van der Waals surface area contributed by atoms with Crippen LogP contribution < -0.4 is 10.1 Å². The lowest BCUT2D eigenvalue weighted by Crippen LogP contribution is -2.25. The van der Waals surface area contributed by atoms with Crippen LogP contribution in [0.1, 0.15) is 33.4 Å². The fourth-order valence-electron chi connectivity index (χ4n) is 2.51. The van der Waals surface area contributed by atoms with Crippen LogP contribution in [-0.2, 0) is 10.2 Å². The van der Waals surface area contributed by atoms with E-state index < -0.39 is 0 Å². The summed E-state index contributed by atoms with van der Waals surface area (Å²) in [5, 5.41) is 11.0. The average molecular weight is 376 g/mol. The van der Waals surface area contributed by atoms with Gasteiger partial charge in [-0.05, 0) is 24.3 Å². The van der Waals surface area contributed by atoms with Crippen molar-refractivity contribution in [1.82, 2.24) is 25.1 Å². The summed E-state index contributed by atoms with van der Waals surface area (Å²) in [6.07, 6.45) is 0. The zero-order valence-electron chi connectivity index (χ0n) is 15.3. The van der Waals surface area contributed by atoms with Crippen molar-refractivity contribution in [3.05, 3.63) is 35.0 Å². The van der Waals surface area contributed by atoms with E-state index in [1.165, 1.54) is 6.92 Å². The Morgan fingerprint density at radius 3 is 2.58 bits per heavy atom. The number of benzene rings is 1. The molecule has 3 rings (SSSR count). The van der Waals surface area contributed by atoms with E-state index in [9.17, 15) is 4.79 Å². The number of ether oxygens (including phenoxy) is 1. The molecule has 0 aliphatic carbocycles. The van der Waals surface area contributed by atoms with E-state index in [0.29, 0.717) is 29.6 Å². The third-order valence-electron chi connectivity index (χ3n) is 3.85. The number of aromatic nitrogens is 4. The molecule has 8 heteroatoms. The molecule has 0 radical (unpaired) electrons. The van der Waals surface area contributed by atoms with Crippen LogP contribution in [0.15, 0.2) is 24.3 Å². The Morgan fingerprint density at radius 2 is 2.00 bits per heavy atom. The summed E-state index contributed by atoms with van der Waals surface area (Å²) in [7, 11) is 0. The zero-order valence-corrected chi connectivity index (χ0v) is 16.0. The quantitative estimate of drug-likeness (QED) is 0.671. The number of amides is 1. The lowest BCUT2D eigenvalue weighted by atomic mass is 9.92. The van der Waals surface area contributed by atoms with Gasteiger partial charge in [0.25, 0.3) is 0 Å². The van der Waals surface area contributed by atoms with Gasteiger partial charge in [0.2, 0.25) is 5.91 Å². The summed E-state index contributed by atoms with van der Waals surface area (Å²) in [4.78, 5) is 15.4. The van der Waals surface area contributed by atoms with Crippen molar-refractivity contribution in [2.75, 3.05) is 13.2 Å². The molecule has 0 saturated carbocycles. The van der Waals surface area contributed by atoms with Crippen molar-refractivity contribution in [1.29, 1.82) is 0 Å². The van der Waals surface area contributed by atoms with Crippen molar-refractivity contribution >= 4 is 23.2 Å². The third kappa shape index (κ3) is 3.83. The molecule has 0 atom stereocenters. The first kappa shape index (κ1) is 18.3. The van der Waals surface area contributed by atoms with Crippen molar-refractivity contribution in [2.45, 2.75) is 33.1 Å². The Labute approximate surface area is 156 Å². The number of carbonyl (C=O) groups excluding carboxylic acids is 1. The van der Waals surface area contributed by atoms with Crippen LogP contribution in [0.4, 0.5) is 0 Å². The number of nitrogens with zero attached hydrogens (tertiary/aromatic N) is 3. The van der Waals surface area contributed by atoms with Crippen LogP contribution in [0.5, 0.6) is 5.75 Å². The summed E-state index contributed by atoms with van der Waals surface area (Å²) in [6.45, 7) is 8.60. The van der Waals surface area contributed by atoms with Gasteiger partial charge >= 0.3 is 0 Å². The molecular formula is C18H22ClN5O2. The monoisotopic (exact) mass is 375 g/mol. The van der Waals surface area contributed by atoms with Crippen LogP contribution in [0.25, 0.3) is 17.0 Å². The fourth-order valence-corrected chi connectivity index (χ4v) is 2.96. The SMILES string of the molecule is CC(=O)NCCOc1ccc(-c2nc3c(Cl)c(C(C)(C)C)[nH]n3n2)cc1. The van der Waals surface area contributed by atoms with Crippen LogP contribution >= 0.6 is 11.6 Å². The van der Waals surface area contributed by atoms with Gasteiger partial charge in [-0.2, -0.15) is 4.63 Å². The largest absolute Gasteiger partial charge is 0.492 e. The number of fused-ring (bicyclic) bond motifs is 1. The minimum absolute atomic E-state index is 0.0706. The number of aromatic amines is 1. The lowest BCUT2D eigenvalue weighted by molar-refractivity contribution is -0.119. The molecule has 0 bridgehead atoms. The van der Waals surface area contributed by atoms with Crippen LogP contribution in [-0.4, -0.2) is 38.9 Å². The molecule has 3 aromatic rings. The number of H-pyrrole nitrogens is 1. The van der Waals surface area contributed by atoms with Gasteiger partial charge < -0.3 is 10.1 Å². The molecule has 0 aliphatic heterocycles. The molecule has 0 fully saturated rings. The van der Waals surface area contributed by atoms with Gasteiger partial charge in [0.15, 0.2) is 11.5 Å². The molecule has 1 amide bonds. The molecule has 0 unspecified atom stereocenters. The second kappa shape index (κ2) is 6.99. The van der Waals surface area contributed by atoms with Crippen LogP contribution in [0.3, 0.4) is 0 Å². The van der Waals surface area contributed by atoms with Crippen molar-refractivity contribution in [3.8, 4) is 17.1 Å². The van der Waals surface area contributed by atoms with Gasteiger partial charge in [0, 0.05) is 17.9 Å². The highest BCUT2D eigenvalue weighted by molar-refractivity contribution is 6.34. The second-order valence-corrected chi connectivity index (χ2v) is 7.46. The maximum Gasteiger partial charge on any atom is 0.216 e. The molecule has 0 saturated heterocycles. The Morgan fingerprint density at radius 1 is 1.31 bits per heavy atom. The number of nitrogens with one attached hydrogen (secondary N) is 2. The van der Waals surface area contributed by atoms with E-state index in [1.807, 2.05) is 24.3 Å². The number of rotatable bonds is 5. The van der Waals surface area contributed by atoms with Gasteiger partial charge in [-0.15, -0.1) is 5.10 Å². The molecule has 0 spiro atoms. The molecule has 0 aliphatic rings. The summed E-state index contributed by atoms with van der Waals surface area (Å²) >= 11 is 6.46. The van der Waals surface area contributed by atoms with Crippen molar-refractivity contribution in [3.63, 3.8) is 0 Å². The maximum absolute atomic E-state index is 10.8. The van der Waals surface area contributed by atoms with Gasteiger partial charge in [-0.25, -0.2) is 4.98 Å². The standard InChI is InChI=1S/C18H22ClN5O2/c1-11(25)20-9-10-26-13-7-5-12(6-8-13)16-21-17-14(19)15(18(2,3)4)22-24(17)23-16/h5-8,22H,9-10H2,1-4H3,(H,20,25). The lowest BCUT2D eigenvalue weighted by Gasteiger charge is -2.16. The van der Waals surface area contributed by atoms with Gasteiger partial charge in [0.1, 0.15) is 17.4 Å². The smallest absolute Gasteiger partial charge is 0.216 e. The first-order valence-corrected chi connectivity index (χ1v) is 8.76. The average Bonchev–Trinajstić information content (AvgIpc) is 3.11. The number of hydrogen-bond donors (Lipinski definition) is 2. The minimum Gasteiger partial charge on any atom is -0.492 e. The number of halogens is 1. The molecule has 26 heavy (non-hydrogen) atoms. The number of carbonyl (C=O) groups is 1. The molecule has 1 aromatic carbocycles. The molecule has 2 N–H and O–H groups in total. The highest BCUT2D eigenvalue weighted by Gasteiger charge is 2.24. The maximum atomic E-state index is 10.8. The minimum atomic E-state index is -0.115. The second-order valence-electron chi connectivity index (χ2n) is 7.08. The summed E-state index contributed by atoms with van der Waals surface area (Å²) in [5.74, 6) is 1.24. The zero-order chi connectivity index (χ0) is 18.9. The predicted octanol–water partition coefficient (Wildman–Crippen LogP) is 3.19. The Balaban J connectivity index is 1.74. The predicted molar refractivity (Wildman–Crippen MR) is 101 cm³/mol. The Bertz CT molecular complexity index is 922. The van der Waals surface area contributed by atoms with E-state index in [-0.39, 0.29) is 11.3 Å². The summed E-state index contributed by atoms with van der Waals surface area (Å²) in [6, 6.07) is 7.48. The van der Waals surface area contributed by atoms with Crippen molar-refractivity contribution in [2.24, 2.45) is 0 Å². The summed E-state index contributed by atoms with van der Waals surface area (Å²) in [5.41, 5.74) is 2.27. The fraction of sp³-hybridized carbons (Fsp3) is 0.389. The van der Waals surface area contributed by atoms with E-state index in [2.05, 4.69) is 41.3 Å². The first-order valence-electron chi connectivity index (χ1n) is 8.38. The van der Waals surface area contributed by atoms with Crippen molar-refractivity contribution < 1.29 is 9.53 Å². The van der Waals surface area contributed by atoms with Gasteiger partial charge in [-0.3, -0.25) is 9.89 Å². The van der Waals surface area contributed by atoms with Gasteiger partial charge in [-0.1, -0.05) is 32.4 Å². The molecular weight excluding hydrogens is 354 g/mol. The van der Waals surface area contributed by atoms with E-state index >= 15 is 0 Å².